The van der Waals surface area contributed by atoms with Gasteiger partial charge in [0, 0.05) is 35.6 Å². The minimum Gasteiger partial charge on any atom is -0.261 e. The van der Waals surface area contributed by atoms with Crippen LogP contribution >= 0.6 is 0 Å². The van der Waals surface area contributed by atoms with Crippen molar-refractivity contribution in [2.45, 2.75) is 58.5 Å². The topological polar surface area (TPSA) is 25.8 Å². The first-order valence-corrected chi connectivity index (χ1v) is 8.00. The molecule has 0 unspecified atom stereocenters. The monoisotopic (exact) mass is 336 g/mol. The quantitative estimate of drug-likeness (QED) is 0.742. The zero-order valence-electron chi connectivity index (χ0n) is 14.7. The van der Waals surface area contributed by atoms with E-state index in [1.165, 1.54) is 11.6 Å². The number of alkyl halides is 3. The third kappa shape index (κ3) is 4.13. The van der Waals surface area contributed by atoms with Gasteiger partial charge in [-0.1, -0.05) is 33.8 Å². The second-order valence-corrected chi connectivity index (χ2v) is 7.18. The van der Waals surface area contributed by atoms with Crippen molar-refractivity contribution in [2.75, 3.05) is 0 Å². The van der Waals surface area contributed by atoms with E-state index in [4.69, 9.17) is 0 Å². The molecule has 0 radical (unpaired) electrons. The van der Waals surface area contributed by atoms with Gasteiger partial charge >= 0.3 is 6.18 Å². The number of aromatic nitrogens is 2. The Morgan fingerprint density at radius 3 is 2.17 bits per heavy atom. The number of halogens is 3. The predicted molar refractivity (Wildman–Crippen MR) is 89.0 cm³/mol. The van der Waals surface area contributed by atoms with Gasteiger partial charge in [-0.15, -0.1) is 0 Å². The molecule has 2 rings (SSSR count). The lowest BCUT2D eigenvalue weighted by Gasteiger charge is -2.25. The van der Waals surface area contributed by atoms with E-state index < -0.39 is 17.2 Å². The summed E-state index contributed by atoms with van der Waals surface area (Å²) in [6.45, 7) is 10.2. The van der Waals surface area contributed by atoms with E-state index in [9.17, 15) is 13.2 Å². The van der Waals surface area contributed by atoms with Gasteiger partial charge in [0.15, 0.2) is 0 Å². The van der Waals surface area contributed by atoms with Crippen LogP contribution in [0.5, 0.6) is 0 Å². The fraction of sp³-hybridized carbons (Fsp3) is 0.474. The summed E-state index contributed by atoms with van der Waals surface area (Å²) < 4.78 is 38.0. The lowest BCUT2D eigenvalue weighted by atomic mass is 9.82. The van der Waals surface area contributed by atoms with E-state index in [0.29, 0.717) is 18.0 Å². The number of rotatable bonds is 4. The van der Waals surface area contributed by atoms with Crippen LogP contribution in [-0.4, -0.2) is 9.97 Å². The van der Waals surface area contributed by atoms with Gasteiger partial charge in [0.25, 0.3) is 0 Å². The Balaban J connectivity index is 2.25. The fourth-order valence-electron chi connectivity index (χ4n) is 2.60. The summed E-state index contributed by atoms with van der Waals surface area (Å²) in [5, 5.41) is 0. The molecule has 2 aromatic heterocycles. The summed E-state index contributed by atoms with van der Waals surface area (Å²) >= 11 is 0. The molecule has 0 saturated carbocycles. The normalized spacial score (nSPS) is 12.7. The lowest BCUT2D eigenvalue weighted by Crippen LogP contribution is -2.23. The second-order valence-electron chi connectivity index (χ2n) is 7.18. The molecule has 0 aromatic carbocycles. The summed E-state index contributed by atoms with van der Waals surface area (Å²) in [7, 11) is 0. The van der Waals surface area contributed by atoms with Crippen LogP contribution in [0.3, 0.4) is 0 Å². The number of hydrogen-bond donors (Lipinski definition) is 0. The van der Waals surface area contributed by atoms with Gasteiger partial charge in [-0.05, 0) is 36.1 Å². The molecule has 0 saturated heterocycles. The zero-order valence-corrected chi connectivity index (χ0v) is 14.7. The molecule has 0 atom stereocenters. The maximum atomic E-state index is 12.7. The Bertz CT molecular complexity index is 702. The van der Waals surface area contributed by atoms with Gasteiger partial charge in [0.1, 0.15) is 0 Å². The molecular formula is C19H23F3N2. The molecule has 0 spiro atoms. The molecule has 0 aliphatic carbocycles. The van der Waals surface area contributed by atoms with Gasteiger partial charge in [0.2, 0.25) is 0 Å². The minimum absolute atomic E-state index is 0.402. The van der Waals surface area contributed by atoms with Crippen LogP contribution in [-0.2, 0) is 18.0 Å². The van der Waals surface area contributed by atoms with Gasteiger partial charge in [0.05, 0.1) is 5.56 Å². The minimum atomic E-state index is -4.36. The maximum absolute atomic E-state index is 12.7. The first kappa shape index (κ1) is 18.4. The van der Waals surface area contributed by atoms with Crippen LogP contribution in [0.15, 0.2) is 30.6 Å². The summed E-state index contributed by atoms with van der Waals surface area (Å²) in [5.74, 6) is 0.412. The molecular weight excluding hydrogens is 313 g/mol. The van der Waals surface area contributed by atoms with E-state index in [0.717, 1.165) is 23.5 Å². The summed E-state index contributed by atoms with van der Waals surface area (Å²) in [6.07, 6.45) is -0.960. The van der Waals surface area contributed by atoms with Crippen LogP contribution in [0.4, 0.5) is 13.2 Å². The predicted octanol–water partition coefficient (Wildman–Crippen LogP) is 5.45. The van der Waals surface area contributed by atoms with Crippen molar-refractivity contribution in [1.82, 2.24) is 9.97 Å². The van der Waals surface area contributed by atoms with E-state index in [2.05, 4.69) is 29.9 Å². The van der Waals surface area contributed by atoms with Crippen molar-refractivity contribution in [3.63, 3.8) is 0 Å². The van der Waals surface area contributed by atoms with E-state index in [1.54, 1.807) is 0 Å². The van der Waals surface area contributed by atoms with Crippen molar-refractivity contribution in [3.05, 3.63) is 58.7 Å². The molecule has 0 bridgehead atoms. The molecule has 5 heteroatoms. The van der Waals surface area contributed by atoms with Gasteiger partial charge in [-0.2, -0.15) is 13.2 Å². The molecule has 0 amide bonds. The molecule has 0 fully saturated rings. The Morgan fingerprint density at radius 2 is 1.71 bits per heavy atom. The highest BCUT2D eigenvalue weighted by Gasteiger charge is 2.32. The van der Waals surface area contributed by atoms with Crippen molar-refractivity contribution >= 4 is 0 Å². The number of aryl methyl sites for hydroxylation is 1. The third-order valence-corrected chi connectivity index (χ3v) is 4.27. The van der Waals surface area contributed by atoms with Crippen LogP contribution in [0, 0.1) is 6.92 Å². The molecule has 0 aliphatic rings. The SMILES string of the molecule is Cc1cc(C(C)C)cnc1CC(C)(C)c1ccc(C(F)(F)F)cn1. The Kier molecular flexibility index (Phi) is 5.02. The smallest absolute Gasteiger partial charge is 0.261 e. The van der Waals surface area contributed by atoms with Crippen LogP contribution in [0.25, 0.3) is 0 Å². The number of hydrogen-bond acceptors (Lipinski definition) is 2. The Morgan fingerprint density at radius 1 is 1.04 bits per heavy atom. The fourth-order valence-corrected chi connectivity index (χ4v) is 2.60. The van der Waals surface area contributed by atoms with Crippen LogP contribution < -0.4 is 0 Å². The molecule has 0 aliphatic heterocycles. The first-order valence-electron chi connectivity index (χ1n) is 8.00. The molecule has 2 aromatic rings. The molecule has 24 heavy (non-hydrogen) atoms. The van der Waals surface area contributed by atoms with E-state index in [-0.39, 0.29) is 0 Å². The molecule has 0 N–H and O–H groups in total. The van der Waals surface area contributed by atoms with Crippen molar-refractivity contribution in [3.8, 4) is 0 Å². The maximum Gasteiger partial charge on any atom is 0.417 e. The zero-order chi connectivity index (χ0) is 18.1. The third-order valence-electron chi connectivity index (χ3n) is 4.27. The average Bonchev–Trinajstić information content (AvgIpc) is 2.48. The highest BCUT2D eigenvalue weighted by molar-refractivity contribution is 5.29. The Labute approximate surface area is 141 Å². The molecule has 130 valence electrons. The van der Waals surface area contributed by atoms with E-state index >= 15 is 0 Å². The average molecular weight is 336 g/mol. The Hall–Kier alpha value is -1.91. The van der Waals surface area contributed by atoms with Crippen molar-refractivity contribution < 1.29 is 13.2 Å². The number of pyridine rings is 2. The largest absolute Gasteiger partial charge is 0.417 e. The van der Waals surface area contributed by atoms with Crippen LogP contribution in [0.1, 0.15) is 61.7 Å². The summed E-state index contributed by atoms with van der Waals surface area (Å²) in [4.78, 5) is 8.60. The second kappa shape index (κ2) is 6.54. The lowest BCUT2D eigenvalue weighted by molar-refractivity contribution is -0.137. The van der Waals surface area contributed by atoms with Crippen LogP contribution in [0.2, 0.25) is 0 Å². The van der Waals surface area contributed by atoms with Crippen molar-refractivity contribution in [2.24, 2.45) is 0 Å². The first-order chi connectivity index (χ1) is 11.0. The van der Waals surface area contributed by atoms with Crippen molar-refractivity contribution in [1.29, 1.82) is 0 Å². The molecule has 2 nitrogen and oxygen atoms in total. The van der Waals surface area contributed by atoms with Gasteiger partial charge in [-0.25, -0.2) is 0 Å². The standard InChI is InChI=1S/C19H23F3N2/c1-12(2)14-8-13(3)16(23-10-14)9-18(4,5)17-7-6-15(11-24-17)19(20,21)22/h6-8,10-12H,9H2,1-5H3. The van der Waals surface area contributed by atoms with Gasteiger partial charge < -0.3 is 0 Å². The van der Waals surface area contributed by atoms with E-state index in [1.807, 2.05) is 27.0 Å². The highest BCUT2D eigenvalue weighted by atomic mass is 19.4. The summed E-state index contributed by atoms with van der Waals surface area (Å²) in [5.41, 5.74) is 2.73. The summed E-state index contributed by atoms with van der Waals surface area (Å²) in [6, 6.07) is 4.68. The molecule has 2 heterocycles. The highest BCUT2D eigenvalue weighted by Crippen LogP contribution is 2.32. The van der Waals surface area contributed by atoms with Gasteiger partial charge in [-0.3, -0.25) is 9.97 Å². The number of nitrogens with zero attached hydrogens (tertiary/aromatic N) is 2.